The van der Waals surface area contributed by atoms with Crippen LogP contribution >= 0.6 is 0 Å². The van der Waals surface area contributed by atoms with Gasteiger partial charge in [-0.1, -0.05) is 0 Å². The monoisotopic (exact) mass is 215 g/mol. The Kier molecular flexibility index (Phi) is 3.65. The summed E-state index contributed by atoms with van der Waals surface area (Å²) in [5.41, 5.74) is 4.43. The van der Waals surface area contributed by atoms with Crippen LogP contribution in [0.25, 0.3) is 0 Å². The normalized spacial score (nSPS) is 19.5. The summed E-state index contributed by atoms with van der Waals surface area (Å²) in [5, 5.41) is 2.59. The predicted molar refractivity (Wildman–Crippen MR) is 54.2 cm³/mol. The van der Waals surface area contributed by atoms with E-state index in [1.807, 2.05) is 0 Å². The Labute approximate surface area is 88.7 Å². The lowest BCUT2D eigenvalue weighted by Gasteiger charge is -2.15. The average Bonchev–Trinajstić information content (AvgIpc) is 2.33. The topological polar surface area (TPSA) is 84.7 Å². The number of ether oxygens (including phenoxy) is 1. The Balaban J connectivity index is 2.42. The van der Waals surface area contributed by atoms with Crippen LogP contribution in [0.4, 0.5) is 4.79 Å². The number of urea groups is 1. The van der Waals surface area contributed by atoms with Crippen LogP contribution in [0.1, 0.15) is 13.8 Å². The summed E-state index contributed by atoms with van der Waals surface area (Å²) in [4.78, 5) is 24.2. The number of imide groups is 1. The van der Waals surface area contributed by atoms with E-state index in [2.05, 4.69) is 5.32 Å². The van der Waals surface area contributed by atoms with Gasteiger partial charge in [0.2, 0.25) is 0 Å². The zero-order chi connectivity index (χ0) is 11.5. The molecule has 0 aromatic rings. The van der Waals surface area contributed by atoms with Gasteiger partial charge in [-0.25, -0.2) is 4.79 Å². The molecule has 0 aromatic heterocycles. The van der Waals surface area contributed by atoms with Gasteiger partial charge in [0.15, 0.2) is 0 Å². The summed E-state index contributed by atoms with van der Waals surface area (Å²) in [6.45, 7) is 4.82. The van der Waals surface area contributed by atoms with Crippen LogP contribution in [-0.2, 0) is 9.53 Å². The average molecular weight is 215 g/mol. The second kappa shape index (κ2) is 4.59. The van der Waals surface area contributed by atoms with Gasteiger partial charge in [-0.2, -0.15) is 0 Å². The summed E-state index contributed by atoms with van der Waals surface area (Å²) in [6.07, 6.45) is 0. The number of rotatable bonds is 5. The maximum absolute atomic E-state index is 11.7. The van der Waals surface area contributed by atoms with E-state index < -0.39 is 5.54 Å². The molecule has 6 heteroatoms. The van der Waals surface area contributed by atoms with Crippen molar-refractivity contribution in [2.24, 2.45) is 5.73 Å². The second-order valence-electron chi connectivity index (χ2n) is 3.91. The van der Waals surface area contributed by atoms with Crippen molar-refractivity contribution in [3.8, 4) is 0 Å². The fourth-order valence-corrected chi connectivity index (χ4v) is 1.36. The van der Waals surface area contributed by atoms with Gasteiger partial charge in [0.25, 0.3) is 5.91 Å². The van der Waals surface area contributed by atoms with Crippen molar-refractivity contribution in [2.45, 2.75) is 19.4 Å². The van der Waals surface area contributed by atoms with Crippen LogP contribution in [0.3, 0.4) is 0 Å². The highest BCUT2D eigenvalue weighted by Gasteiger charge is 2.43. The molecule has 0 bridgehead atoms. The summed E-state index contributed by atoms with van der Waals surface area (Å²) >= 11 is 0. The van der Waals surface area contributed by atoms with Crippen molar-refractivity contribution in [3.63, 3.8) is 0 Å². The molecule has 1 heterocycles. The largest absolute Gasteiger partial charge is 0.378 e. The van der Waals surface area contributed by atoms with E-state index in [0.717, 1.165) is 4.90 Å². The number of nitrogens with two attached hydrogens (primary N) is 1. The van der Waals surface area contributed by atoms with E-state index in [9.17, 15) is 9.59 Å². The smallest absolute Gasteiger partial charge is 0.325 e. The molecule has 3 amide bonds. The van der Waals surface area contributed by atoms with E-state index in [4.69, 9.17) is 10.5 Å². The first kappa shape index (κ1) is 11.9. The molecule has 1 aliphatic heterocycles. The maximum Gasteiger partial charge on any atom is 0.325 e. The van der Waals surface area contributed by atoms with Gasteiger partial charge in [-0.15, -0.1) is 0 Å². The molecule has 3 N–H and O–H groups in total. The number of nitrogens with one attached hydrogen (secondary N) is 1. The molecule has 1 saturated heterocycles. The number of carbonyl (C=O) groups is 2. The summed E-state index contributed by atoms with van der Waals surface area (Å²) in [7, 11) is 0. The number of amides is 3. The van der Waals surface area contributed by atoms with E-state index in [0.29, 0.717) is 19.8 Å². The molecule has 1 fully saturated rings. The molecule has 0 radical (unpaired) electrons. The second-order valence-corrected chi connectivity index (χ2v) is 3.91. The van der Waals surface area contributed by atoms with Crippen molar-refractivity contribution in [3.05, 3.63) is 0 Å². The van der Waals surface area contributed by atoms with E-state index in [1.165, 1.54) is 0 Å². The van der Waals surface area contributed by atoms with Crippen LogP contribution in [0.15, 0.2) is 0 Å². The van der Waals surface area contributed by atoms with Crippen molar-refractivity contribution in [1.82, 2.24) is 10.2 Å². The first-order chi connectivity index (χ1) is 6.99. The highest BCUT2D eigenvalue weighted by atomic mass is 16.5. The lowest BCUT2D eigenvalue weighted by Crippen LogP contribution is -2.40. The molecule has 0 aromatic carbocycles. The van der Waals surface area contributed by atoms with Crippen molar-refractivity contribution in [2.75, 3.05) is 26.3 Å². The number of carbonyl (C=O) groups excluding carboxylic acids is 2. The minimum atomic E-state index is -0.801. The molecular formula is C9H17N3O3. The Bertz CT molecular complexity index is 265. The highest BCUT2D eigenvalue weighted by molar-refractivity contribution is 6.06. The van der Waals surface area contributed by atoms with Crippen molar-refractivity contribution in [1.29, 1.82) is 0 Å². The predicted octanol–water partition coefficient (Wildman–Crippen LogP) is -0.708. The van der Waals surface area contributed by atoms with Gasteiger partial charge in [-0.05, 0) is 13.8 Å². The van der Waals surface area contributed by atoms with Gasteiger partial charge in [0.1, 0.15) is 5.54 Å². The first-order valence-corrected chi connectivity index (χ1v) is 4.91. The third-order valence-electron chi connectivity index (χ3n) is 2.17. The van der Waals surface area contributed by atoms with Crippen molar-refractivity contribution >= 4 is 11.9 Å². The third-order valence-corrected chi connectivity index (χ3v) is 2.17. The van der Waals surface area contributed by atoms with Gasteiger partial charge < -0.3 is 15.8 Å². The molecule has 1 rings (SSSR count). The summed E-state index contributed by atoms with van der Waals surface area (Å²) in [5.74, 6) is -0.219. The molecule has 1 aliphatic rings. The molecule has 0 unspecified atom stereocenters. The van der Waals surface area contributed by atoms with Gasteiger partial charge in [0.05, 0.1) is 19.8 Å². The Morgan fingerprint density at radius 1 is 1.40 bits per heavy atom. The summed E-state index contributed by atoms with van der Waals surface area (Å²) in [6, 6.07) is -0.360. The van der Waals surface area contributed by atoms with E-state index in [-0.39, 0.29) is 18.5 Å². The molecule has 0 aliphatic carbocycles. The Hall–Kier alpha value is -1.14. The van der Waals surface area contributed by atoms with E-state index >= 15 is 0 Å². The fourth-order valence-electron chi connectivity index (χ4n) is 1.36. The number of hydrogen-bond acceptors (Lipinski definition) is 4. The Morgan fingerprint density at radius 2 is 2.07 bits per heavy atom. The number of hydrogen-bond donors (Lipinski definition) is 2. The molecule has 15 heavy (non-hydrogen) atoms. The molecule has 0 atom stereocenters. The third kappa shape index (κ3) is 2.66. The van der Waals surface area contributed by atoms with Crippen LogP contribution in [0.2, 0.25) is 0 Å². The minimum absolute atomic E-state index is 0.219. The SMILES string of the molecule is CC1(C)NC(=O)N(CCOCCN)C1=O. The zero-order valence-electron chi connectivity index (χ0n) is 9.08. The maximum atomic E-state index is 11.7. The quantitative estimate of drug-likeness (QED) is 0.469. The van der Waals surface area contributed by atoms with Crippen LogP contribution < -0.4 is 11.1 Å². The lowest BCUT2D eigenvalue weighted by molar-refractivity contribution is -0.130. The molecule has 6 nitrogen and oxygen atoms in total. The van der Waals surface area contributed by atoms with E-state index in [1.54, 1.807) is 13.8 Å². The van der Waals surface area contributed by atoms with Gasteiger partial charge >= 0.3 is 6.03 Å². The molecular weight excluding hydrogens is 198 g/mol. The fraction of sp³-hybridized carbons (Fsp3) is 0.778. The van der Waals surface area contributed by atoms with Gasteiger partial charge in [0, 0.05) is 6.54 Å². The standard InChI is InChI=1S/C9H17N3O3/c1-9(2)7(13)12(8(14)11-9)4-6-15-5-3-10/h3-6,10H2,1-2H3,(H,11,14). The van der Waals surface area contributed by atoms with Gasteiger partial charge in [-0.3, -0.25) is 9.69 Å². The minimum Gasteiger partial charge on any atom is -0.378 e. The van der Waals surface area contributed by atoms with Crippen LogP contribution in [0, 0.1) is 0 Å². The first-order valence-electron chi connectivity index (χ1n) is 4.91. The highest BCUT2D eigenvalue weighted by Crippen LogP contribution is 2.15. The number of nitrogens with zero attached hydrogens (tertiary/aromatic N) is 1. The van der Waals surface area contributed by atoms with Crippen LogP contribution in [-0.4, -0.2) is 48.7 Å². The summed E-state index contributed by atoms with van der Waals surface area (Å²) < 4.78 is 5.11. The molecule has 0 spiro atoms. The van der Waals surface area contributed by atoms with Crippen molar-refractivity contribution < 1.29 is 14.3 Å². The lowest BCUT2D eigenvalue weighted by atomic mass is 10.1. The molecule has 86 valence electrons. The Morgan fingerprint density at radius 3 is 2.53 bits per heavy atom. The molecule has 0 saturated carbocycles. The van der Waals surface area contributed by atoms with Crippen LogP contribution in [0.5, 0.6) is 0 Å². The zero-order valence-corrected chi connectivity index (χ0v) is 9.08.